The summed E-state index contributed by atoms with van der Waals surface area (Å²) in [5.41, 5.74) is 1.45. The summed E-state index contributed by atoms with van der Waals surface area (Å²) in [6.07, 6.45) is 5.42. The Labute approximate surface area is 157 Å². The second-order valence-electron chi connectivity index (χ2n) is 7.11. The third-order valence-corrected chi connectivity index (χ3v) is 4.95. The smallest absolute Gasteiger partial charge is 0.332 e. The average Bonchev–Trinajstić information content (AvgIpc) is 3.09. The van der Waals surface area contributed by atoms with Crippen LogP contribution in [0.5, 0.6) is 0 Å². The molecule has 1 amide bonds. The highest BCUT2D eigenvalue weighted by Gasteiger charge is 2.26. The molecule has 1 aliphatic rings. The van der Waals surface area contributed by atoms with E-state index in [2.05, 4.69) is 10.3 Å². The molecular formula is C19H25N5O3. The van der Waals surface area contributed by atoms with Crippen LogP contribution in [0.25, 0.3) is 0 Å². The molecule has 0 saturated carbocycles. The maximum atomic E-state index is 12.3. The predicted molar refractivity (Wildman–Crippen MR) is 103 cm³/mol. The third-order valence-electron chi connectivity index (χ3n) is 4.95. The fraction of sp³-hybridized carbons (Fsp3) is 0.474. The minimum atomic E-state index is -0.350. The van der Waals surface area contributed by atoms with E-state index in [1.807, 2.05) is 17.9 Å². The number of amides is 1. The van der Waals surface area contributed by atoms with E-state index in [0.717, 1.165) is 22.1 Å². The molecule has 1 N–H and O–H groups in total. The van der Waals surface area contributed by atoms with Crippen molar-refractivity contribution in [3.63, 3.8) is 0 Å². The van der Waals surface area contributed by atoms with Gasteiger partial charge < -0.3 is 10.2 Å². The first-order valence-electron chi connectivity index (χ1n) is 9.07. The van der Waals surface area contributed by atoms with Crippen molar-refractivity contribution in [2.24, 2.45) is 14.1 Å². The molecule has 3 heterocycles. The molecule has 1 atom stereocenters. The van der Waals surface area contributed by atoms with Crippen LogP contribution in [0.15, 0.2) is 34.1 Å². The number of carbonyl (C=O) groups excluding carboxylic acids is 1. The van der Waals surface area contributed by atoms with Crippen LogP contribution in [0.1, 0.15) is 24.0 Å². The Morgan fingerprint density at radius 1 is 1.22 bits per heavy atom. The molecule has 0 unspecified atom stereocenters. The average molecular weight is 371 g/mol. The van der Waals surface area contributed by atoms with Crippen molar-refractivity contribution in [1.29, 1.82) is 0 Å². The topological polar surface area (TPSA) is 89.2 Å². The van der Waals surface area contributed by atoms with Crippen molar-refractivity contribution in [3.8, 4) is 0 Å². The first-order chi connectivity index (χ1) is 12.8. The maximum Gasteiger partial charge on any atom is 0.332 e. The van der Waals surface area contributed by atoms with E-state index in [1.54, 1.807) is 19.4 Å². The number of anilines is 1. The van der Waals surface area contributed by atoms with Gasteiger partial charge in [-0.1, -0.05) is 6.07 Å². The Morgan fingerprint density at radius 3 is 2.74 bits per heavy atom. The summed E-state index contributed by atoms with van der Waals surface area (Å²) in [5, 5.41) is 3.05. The number of hydrogen-bond acceptors (Lipinski definition) is 5. The monoisotopic (exact) mass is 371 g/mol. The molecule has 27 heavy (non-hydrogen) atoms. The van der Waals surface area contributed by atoms with Gasteiger partial charge >= 0.3 is 5.69 Å². The van der Waals surface area contributed by atoms with Crippen LogP contribution in [0.3, 0.4) is 0 Å². The van der Waals surface area contributed by atoms with Gasteiger partial charge in [-0.3, -0.25) is 23.7 Å². The maximum absolute atomic E-state index is 12.3. The van der Waals surface area contributed by atoms with Gasteiger partial charge in [-0.2, -0.15) is 0 Å². The van der Waals surface area contributed by atoms with E-state index < -0.39 is 0 Å². The normalized spacial score (nSPS) is 16.6. The summed E-state index contributed by atoms with van der Waals surface area (Å²) in [6, 6.07) is 3.51. The molecule has 2 aromatic heterocycles. The number of carbonyl (C=O) groups is 1. The molecule has 0 aromatic carbocycles. The Kier molecular flexibility index (Phi) is 5.43. The molecule has 1 aliphatic heterocycles. The Hall–Kier alpha value is -2.90. The lowest BCUT2D eigenvalue weighted by molar-refractivity contribution is -0.121. The highest BCUT2D eigenvalue weighted by Crippen LogP contribution is 2.17. The van der Waals surface area contributed by atoms with Gasteiger partial charge in [0.05, 0.1) is 0 Å². The van der Waals surface area contributed by atoms with Gasteiger partial charge in [0.1, 0.15) is 5.82 Å². The molecule has 3 rings (SSSR count). The molecule has 0 bridgehead atoms. The zero-order valence-corrected chi connectivity index (χ0v) is 15.9. The van der Waals surface area contributed by atoms with Crippen LogP contribution in [-0.2, 0) is 25.3 Å². The molecule has 0 aliphatic carbocycles. The molecule has 8 heteroatoms. The minimum absolute atomic E-state index is 0.00113. The number of aromatic nitrogens is 3. The standard InChI is InChI=1S/C19H25N5O3/c1-13-8-14(11-20-10-13)4-5-16(25)21-15-6-7-24(12-15)17-9-18(26)23(3)19(27)22(17)2/h8-11,15H,4-7,12H2,1-3H3,(H,21,25)/t15-/m1/s1. The van der Waals surface area contributed by atoms with Gasteiger partial charge in [-0.05, 0) is 30.9 Å². The first kappa shape index (κ1) is 18.9. The molecular weight excluding hydrogens is 346 g/mol. The van der Waals surface area contributed by atoms with Crippen LogP contribution >= 0.6 is 0 Å². The van der Waals surface area contributed by atoms with E-state index in [4.69, 9.17) is 0 Å². The summed E-state index contributed by atoms with van der Waals surface area (Å²) in [6.45, 7) is 3.25. The number of pyridine rings is 1. The largest absolute Gasteiger partial charge is 0.356 e. The zero-order chi connectivity index (χ0) is 19.6. The second kappa shape index (κ2) is 7.77. The molecule has 144 valence electrons. The van der Waals surface area contributed by atoms with Crippen LogP contribution in [0.2, 0.25) is 0 Å². The van der Waals surface area contributed by atoms with E-state index in [1.165, 1.54) is 17.7 Å². The number of aryl methyl sites for hydroxylation is 2. The van der Waals surface area contributed by atoms with Crippen LogP contribution in [-0.4, -0.2) is 39.2 Å². The minimum Gasteiger partial charge on any atom is -0.356 e. The molecule has 2 aromatic rings. The van der Waals surface area contributed by atoms with E-state index >= 15 is 0 Å². The zero-order valence-electron chi connectivity index (χ0n) is 15.9. The lowest BCUT2D eigenvalue weighted by atomic mass is 10.1. The lowest BCUT2D eigenvalue weighted by Gasteiger charge is -2.21. The SMILES string of the molecule is Cc1cncc(CCC(=O)N[C@@H]2CCN(c3cc(=O)n(C)c(=O)n3C)C2)c1. The highest BCUT2D eigenvalue weighted by atomic mass is 16.2. The number of nitrogens with one attached hydrogen (secondary N) is 1. The van der Waals surface area contributed by atoms with Gasteiger partial charge in [-0.15, -0.1) is 0 Å². The van der Waals surface area contributed by atoms with Crippen LogP contribution in [0.4, 0.5) is 5.82 Å². The first-order valence-corrected chi connectivity index (χ1v) is 9.07. The van der Waals surface area contributed by atoms with Gasteiger partial charge in [0.15, 0.2) is 0 Å². The van der Waals surface area contributed by atoms with E-state index in [9.17, 15) is 14.4 Å². The summed E-state index contributed by atoms with van der Waals surface area (Å²) >= 11 is 0. The van der Waals surface area contributed by atoms with Gasteiger partial charge in [-0.25, -0.2) is 4.79 Å². The van der Waals surface area contributed by atoms with Crippen molar-refractivity contribution < 1.29 is 4.79 Å². The summed E-state index contributed by atoms with van der Waals surface area (Å²) in [7, 11) is 3.12. The Morgan fingerprint density at radius 2 is 2.00 bits per heavy atom. The van der Waals surface area contributed by atoms with Gasteiger partial charge in [0.2, 0.25) is 5.91 Å². The number of rotatable bonds is 5. The van der Waals surface area contributed by atoms with Crippen molar-refractivity contribution in [2.75, 3.05) is 18.0 Å². The van der Waals surface area contributed by atoms with Crippen LogP contribution < -0.4 is 21.5 Å². The summed E-state index contributed by atoms with van der Waals surface area (Å²) < 4.78 is 2.55. The lowest BCUT2D eigenvalue weighted by Crippen LogP contribution is -2.41. The number of nitrogens with zero attached hydrogens (tertiary/aromatic N) is 4. The molecule has 0 radical (unpaired) electrons. The molecule has 1 fully saturated rings. The van der Waals surface area contributed by atoms with Crippen LogP contribution in [0, 0.1) is 6.92 Å². The fourth-order valence-electron chi connectivity index (χ4n) is 3.42. The Bertz CT molecular complexity index is 963. The van der Waals surface area contributed by atoms with Gasteiger partial charge in [0.25, 0.3) is 5.56 Å². The summed E-state index contributed by atoms with van der Waals surface area (Å²) in [5.74, 6) is 0.590. The number of hydrogen-bond donors (Lipinski definition) is 1. The second-order valence-corrected chi connectivity index (χ2v) is 7.11. The predicted octanol–water partition coefficient (Wildman–Crippen LogP) is 0.115. The highest BCUT2D eigenvalue weighted by molar-refractivity contribution is 5.76. The van der Waals surface area contributed by atoms with Crippen molar-refractivity contribution >= 4 is 11.7 Å². The Balaban J connectivity index is 1.58. The molecule has 0 spiro atoms. The quantitative estimate of drug-likeness (QED) is 0.806. The third kappa shape index (κ3) is 4.27. The van der Waals surface area contributed by atoms with Gasteiger partial charge in [0, 0.05) is 58.1 Å². The fourth-order valence-corrected chi connectivity index (χ4v) is 3.42. The van der Waals surface area contributed by atoms with Crippen molar-refractivity contribution in [1.82, 2.24) is 19.4 Å². The van der Waals surface area contributed by atoms with E-state index in [-0.39, 0.29) is 23.2 Å². The van der Waals surface area contributed by atoms with Crippen molar-refractivity contribution in [3.05, 3.63) is 56.5 Å². The molecule has 8 nitrogen and oxygen atoms in total. The van der Waals surface area contributed by atoms with E-state index in [0.29, 0.717) is 31.7 Å². The summed E-state index contributed by atoms with van der Waals surface area (Å²) in [4.78, 5) is 42.4. The molecule has 1 saturated heterocycles. The van der Waals surface area contributed by atoms with Crippen molar-refractivity contribution in [2.45, 2.75) is 32.2 Å².